The van der Waals surface area contributed by atoms with Gasteiger partial charge in [-0.1, -0.05) is 18.2 Å². The lowest BCUT2D eigenvalue weighted by Crippen LogP contribution is -2.52. The topological polar surface area (TPSA) is 160 Å². The molecule has 190 valence electrons. The first-order valence-corrected chi connectivity index (χ1v) is 11.9. The molecule has 0 aromatic heterocycles. The zero-order valence-electron chi connectivity index (χ0n) is 19.7. The lowest BCUT2D eigenvalue weighted by molar-refractivity contribution is -0.141. The summed E-state index contributed by atoms with van der Waals surface area (Å²) in [5, 5.41) is 13.3. The van der Waals surface area contributed by atoms with E-state index in [9.17, 15) is 19.5 Å². The van der Waals surface area contributed by atoms with E-state index in [0.717, 1.165) is 18.7 Å². The van der Waals surface area contributed by atoms with Gasteiger partial charge >= 0.3 is 0 Å². The Kier molecular flexibility index (Phi) is 6.39. The number of carbonyl (C=O) groups is 3. The first-order chi connectivity index (χ1) is 17.2. The zero-order chi connectivity index (χ0) is 25.4. The van der Waals surface area contributed by atoms with Gasteiger partial charge < -0.3 is 25.2 Å². The molecular formula is C25H29N5O6. The fraction of sp³-hybridized carbons (Fsp3) is 0.400. The molecule has 0 saturated carbocycles. The van der Waals surface area contributed by atoms with E-state index in [-0.39, 0.29) is 42.5 Å². The van der Waals surface area contributed by atoms with E-state index >= 15 is 0 Å². The van der Waals surface area contributed by atoms with Gasteiger partial charge in [0.1, 0.15) is 11.8 Å². The van der Waals surface area contributed by atoms with Gasteiger partial charge in [-0.2, -0.15) is 0 Å². The molecule has 2 unspecified atom stereocenters. The Morgan fingerprint density at radius 3 is 2.67 bits per heavy atom. The van der Waals surface area contributed by atoms with Crippen molar-refractivity contribution in [2.24, 2.45) is 5.73 Å². The van der Waals surface area contributed by atoms with Crippen molar-refractivity contribution >= 4 is 23.4 Å². The molecule has 2 saturated heterocycles. The number of morpholine rings is 1. The molecule has 2 atom stereocenters. The van der Waals surface area contributed by atoms with E-state index in [1.54, 1.807) is 30.3 Å². The van der Waals surface area contributed by atoms with Crippen molar-refractivity contribution in [2.75, 3.05) is 32.0 Å². The number of imide groups is 1. The van der Waals surface area contributed by atoms with Gasteiger partial charge in [0.25, 0.3) is 11.8 Å². The molecule has 36 heavy (non-hydrogen) atoms. The molecule has 11 nitrogen and oxygen atoms in total. The molecule has 0 bridgehead atoms. The number of nitrogens with two attached hydrogens (primary N) is 2. The van der Waals surface area contributed by atoms with Crippen LogP contribution in [0.3, 0.4) is 0 Å². The van der Waals surface area contributed by atoms with Gasteiger partial charge in [0, 0.05) is 48.4 Å². The first-order valence-electron chi connectivity index (χ1n) is 11.9. The average molecular weight is 496 g/mol. The molecule has 5 rings (SSSR count). The standard InChI is InChI=1S/C25H29N5O6/c26-19-12-16(5-4-15(19)13-29-8-10-35-11-9-29)25(27,34)36-21-3-1-2-17-18(21)14-30(24(17)33)20-6-7-22(31)28-23(20)32/h1-5,12,20,34H,6-11,13-14,26-27H2,(H,28,31,32). The number of carbonyl (C=O) groups excluding carboxylic acids is 3. The number of piperidine rings is 1. The van der Waals surface area contributed by atoms with E-state index in [1.807, 2.05) is 6.07 Å². The number of benzene rings is 2. The van der Waals surface area contributed by atoms with Crippen LogP contribution in [0.4, 0.5) is 5.69 Å². The van der Waals surface area contributed by atoms with Crippen molar-refractivity contribution in [3.63, 3.8) is 0 Å². The van der Waals surface area contributed by atoms with Crippen molar-refractivity contribution in [1.82, 2.24) is 15.1 Å². The van der Waals surface area contributed by atoms with E-state index in [0.29, 0.717) is 36.6 Å². The lowest BCUT2D eigenvalue weighted by Gasteiger charge is -2.30. The lowest BCUT2D eigenvalue weighted by atomic mass is 10.0. The molecule has 2 aromatic rings. The highest BCUT2D eigenvalue weighted by Crippen LogP contribution is 2.36. The Labute approximate surface area is 207 Å². The van der Waals surface area contributed by atoms with Crippen LogP contribution in [0.1, 0.15) is 39.9 Å². The quantitative estimate of drug-likeness (QED) is 0.246. The van der Waals surface area contributed by atoms with Gasteiger partial charge in [-0.3, -0.25) is 30.3 Å². The van der Waals surface area contributed by atoms with Crippen LogP contribution in [0.25, 0.3) is 0 Å². The minimum Gasteiger partial charge on any atom is -0.445 e. The van der Waals surface area contributed by atoms with Gasteiger partial charge in [-0.05, 0) is 30.2 Å². The monoisotopic (exact) mass is 495 g/mol. The highest BCUT2D eigenvalue weighted by Gasteiger charge is 2.41. The summed E-state index contributed by atoms with van der Waals surface area (Å²) in [7, 11) is 0. The van der Waals surface area contributed by atoms with Gasteiger partial charge in [0.05, 0.1) is 19.8 Å². The smallest absolute Gasteiger partial charge is 0.293 e. The second-order valence-corrected chi connectivity index (χ2v) is 9.28. The summed E-state index contributed by atoms with van der Waals surface area (Å²) in [5.41, 5.74) is 14.9. The number of nitrogens with zero attached hydrogens (tertiary/aromatic N) is 2. The van der Waals surface area contributed by atoms with Crippen LogP contribution < -0.4 is 21.5 Å². The van der Waals surface area contributed by atoms with Gasteiger partial charge in [0.15, 0.2) is 0 Å². The second-order valence-electron chi connectivity index (χ2n) is 9.28. The van der Waals surface area contributed by atoms with E-state index in [2.05, 4.69) is 10.2 Å². The van der Waals surface area contributed by atoms with Crippen LogP contribution in [0, 0.1) is 0 Å². The highest BCUT2D eigenvalue weighted by atomic mass is 16.6. The molecule has 3 heterocycles. The van der Waals surface area contributed by atoms with E-state index < -0.39 is 17.9 Å². The van der Waals surface area contributed by atoms with Gasteiger partial charge in [0.2, 0.25) is 11.8 Å². The van der Waals surface area contributed by atoms with Crippen molar-refractivity contribution in [2.45, 2.75) is 37.9 Å². The van der Waals surface area contributed by atoms with Crippen LogP contribution in [-0.2, 0) is 33.3 Å². The highest BCUT2D eigenvalue weighted by molar-refractivity contribution is 6.05. The predicted molar refractivity (Wildman–Crippen MR) is 128 cm³/mol. The number of anilines is 1. The molecule has 3 aliphatic rings. The Morgan fingerprint density at radius 2 is 1.94 bits per heavy atom. The molecule has 0 aliphatic carbocycles. The average Bonchev–Trinajstić information content (AvgIpc) is 3.18. The van der Waals surface area contributed by atoms with Crippen molar-refractivity contribution in [3.05, 3.63) is 58.7 Å². The molecule has 0 radical (unpaired) electrons. The van der Waals surface area contributed by atoms with Crippen LogP contribution in [-0.4, -0.2) is 65.0 Å². The maximum Gasteiger partial charge on any atom is 0.293 e. The number of amides is 3. The molecular weight excluding hydrogens is 466 g/mol. The fourth-order valence-corrected chi connectivity index (χ4v) is 4.84. The van der Waals surface area contributed by atoms with Crippen LogP contribution in [0.5, 0.6) is 5.75 Å². The molecule has 2 fully saturated rings. The third-order valence-corrected chi connectivity index (χ3v) is 6.86. The second kappa shape index (κ2) is 9.51. The van der Waals surface area contributed by atoms with Crippen LogP contribution >= 0.6 is 0 Å². The zero-order valence-corrected chi connectivity index (χ0v) is 19.7. The van der Waals surface area contributed by atoms with Crippen LogP contribution in [0.2, 0.25) is 0 Å². The summed E-state index contributed by atoms with van der Waals surface area (Å²) >= 11 is 0. The maximum atomic E-state index is 13.0. The normalized spacial score (nSPS) is 22.2. The number of hydrogen-bond donors (Lipinski definition) is 4. The molecule has 3 aliphatic heterocycles. The summed E-state index contributed by atoms with van der Waals surface area (Å²) < 4.78 is 11.2. The molecule has 6 N–H and O–H groups in total. The van der Waals surface area contributed by atoms with Gasteiger partial charge in [-0.15, -0.1) is 0 Å². The Hall–Kier alpha value is -3.51. The first kappa shape index (κ1) is 24.2. The molecule has 0 spiro atoms. The Bertz CT molecular complexity index is 1210. The molecule has 3 amide bonds. The summed E-state index contributed by atoms with van der Waals surface area (Å²) in [6.45, 7) is 3.74. The number of nitrogen functional groups attached to an aromatic ring is 1. The minimum absolute atomic E-state index is 0.0906. The fourth-order valence-electron chi connectivity index (χ4n) is 4.84. The Balaban J connectivity index is 1.34. The third kappa shape index (κ3) is 4.65. The number of rotatable bonds is 6. The number of ether oxygens (including phenoxy) is 2. The predicted octanol–water partition coefficient (Wildman–Crippen LogP) is 0.00230. The van der Waals surface area contributed by atoms with E-state index in [1.165, 1.54) is 4.90 Å². The Morgan fingerprint density at radius 1 is 1.17 bits per heavy atom. The summed E-state index contributed by atoms with van der Waals surface area (Å²) in [4.78, 5) is 40.5. The third-order valence-electron chi connectivity index (χ3n) is 6.86. The molecule has 2 aromatic carbocycles. The van der Waals surface area contributed by atoms with Crippen molar-refractivity contribution in [1.29, 1.82) is 0 Å². The van der Waals surface area contributed by atoms with Crippen molar-refractivity contribution in [3.8, 4) is 5.75 Å². The number of fused-ring (bicyclic) bond motifs is 1. The number of nitrogens with one attached hydrogen (secondary N) is 1. The van der Waals surface area contributed by atoms with E-state index in [4.69, 9.17) is 20.9 Å². The number of aliphatic hydroxyl groups is 1. The summed E-state index contributed by atoms with van der Waals surface area (Å²) in [6, 6.07) is 9.15. The van der Waals surface area contributed by atoms with Crippen LogP contribution in [0.15, 0.2) is 36.4 Å². The summed E-state index contributed by atoms with van der Waals surface area (Å²) in [6.07, 6.45) is 0.406. The maximum absolute atomic E-state index is 13.0. The summed E-state index contributed by atoms with van der Waals surface area (Å²) in [5.74, 6) is -3.20. The van der Waals surface area contributed by atoms with Crippen molar-refractivity contribution < 1.29 is 29.0 Å². The molecule has 11 heteroatoms. The minimum atomic E-state index is -2.22. The largest absolute Gasteiger partial charge is 0.445 e. The SMILES string of the molecule is Nc1cc(C(N)(O)Oc2cccc3c2CN(C2CCC(=O)NC2=O)C3=O)ccc1CN1CCOCC1. The van der Waals surface area contributed by atoms with Gasteiger partial charge in [-0.25, -0.2) is 0 Å². The number of hydrogen-bond acceptors (Lipinski definition) is 9.